The Balaban J connectivity index is 1.81. The van der Waals surface area contributed by atoms with Crippen molar-refractivity contribution in [3.8, 4) is 5.69 Å². The Labute approximate surface area is 149 Å². The van der Waals surface area contributed by atoms with Crippen LogP contribution >= 0.6 is 0 Å². The molecule has 0 unspecified atom stereocenters. The Morgan fingerprint density at radius 2 is 2.04 bits per heavy atom. The first-order valence-electron chi connectivity index (χ1n) is 8.98. The second-order valence-electron chi connectivity index (χ2n) is 7.26. The van der Waals surface area contributed by atoms with Crippen LogP contribution in [0.5, 0.6) is 0 Å². The lowest BCUT2D eigenvalue weighted by molar-refractivity contribution is -0.126. The van der Waals surface area contributed by atoms with Crippen molar-refractivity contribution in [1.29, 1.82) is 0 Å². The molecule has 0 radical (unpaired) electrons. The van der Waals surface area contributed by atoms with E-state index in [0.717, 1.165) is 6.54 Å². The van der Waals surface area contributed by atoms with Gasteiger partial charge in [-0.1, -0.05) is 18.2 Å². The zero-order valence-corrected chi connectivity index (χ0v) is 15.3. The van der Waals surface area contributed by atoms with Gasteiger partial charge < -0.3 is 15.6 Å². The molecular weight excluding hydrogens is 312 g/mol. The van der Waals surface area contributed by atoms with Gasteiger partial charge in [-0.15, -0.1) is 0 Å². The standard InChI is InChI=1S/C20H28N4O/c1-14(2)22-20(25)19-11-16(21)12-23(19)13-17-8-6-10-24(17)18-9-5-4-7-15(18)3/h4-10,14,16,19H,11-13,21H2,1-3H3,(H,22,25)/t16-,19+/m1/s1. The van der Waals surface area contributed by atoms with E-state index in [1.807, 2.05) is 19.9 Å². The highest BCUT2D eigenvalue weighted by atomic mass is 16.2. The summed E-state index contributed by atoms with van der Waals surface area (Å²) in [6.07, 6.45) is 2.79. The number of carbonyl (C=O) groups excluding carboxylic acids is 1. The molecule has 1 aliphatic heterocycles. The molecule has 1 aromatic carbocycles. The van der Waals surface area contributed by atoms with E-state index in [1.54, 1.807) is 0 Å². The van der Waals surface area contributed by atoms with E-state index in [4.69, 9.17) is 5.73 Å². The van der Waals surface area contributed by atoms with E-state index in [1.165, 1.54) is 16.9 Å². The highest BCUT2D eigenvalue weighted by molar-refractivity contribution is 5.82. The number of nitrogens with zero attached hydrogens (tertiary/aromatic N) is 2. The molecule has 1 aliphatic rings. The number of rotatable bonds is 5. The van der Waals surface area contributed by atoms with E-state index >= 15 is 0 Å². The lowest BCUT2D eigenvalue weighted by atomic mass is 10.1. The van der Waals surface area contributed by atoms with Gasteiger partial charge in [-0.2, -0.15) is 0 Å². The summed E-state index contributed by atoms with van der Waals surface area (Å²) in [7, 11) is 0. The van der Waals surface area contributed by atoms with Crippen molar-refractivity contribution in [2.45, 2.75) is 51.9 Å². The molecule has 2 atom stereocenters. The second-order valence-corrected chi connectivity index (χ2v) is 7.26. The summed E-state index contributed by atoms with van der Waals surface area (Å²) < 4.78 is 2.20. The number of amides is 1. The molecule has 5 nitrogen and oxygen atoms in total. The van der Waals surface area contributed by atoms with Crippen LogP contribution in [0.3, 0.4) is 0 Å². The average Bonchev–Trinajstić information content (AvgIpc) is 3.14. The highest BCUT2D eigenvalue weighted by Gasteiger charge is 2.35. The fourth-order valence-corrected chi connectivity index (χ4v) is 3.59. The summed E-state index contributed by atoms with van der Waals surface area (Å²) in [5.74, 6) is 0.0805. The van der Waals surface area contributed by atoms with Gasteiger partial charge >= 0.3 is 0 Å². The van der Waals surface area contributed by atoms with E-state index in [0.29, 0.717) is 13.0 Å². The molecule has 0 aliphatic carbocycles. The van der Waals surface area contributed by atoms with Crippen LogP contribution in [0.2, 0.25) is 0 Å². The molecule has 1 amide bonds. The van der Waals surface area contributed by atoms with Crippen LogP contribution in [0.4, 0.5) is 0 Å². The summed E-state index contributed by atoms with van der Waals surface area (Å²) in [4.78, 5) is 14.7. The van der Waals surface area contributed by atoms with Gasteiger partial charge in [0.1, 0.15) is 0 Å². The minimum Gasteiger partial charge on any atom is -0.353 e. The van der Waals surface area contributed by atoms with Gasteiger partial charge in [0.15, 0.2) is 0 Å². The minimum absolute atomic E-state index is 0.0461. The molecule has 3 rings (SSSR count). The van der Waals surface area contributed by atoms with Crippen molar-refractivity contribution in [1.82, 2.24) is 14.8 Å². The predicted molar refractivity (Wildman–Crippen MR) is 101 cm³/mol. The van der Waals surface area contributed by atoms with Gasteiger partial charge in [0.2, 0.25) is 5.91 Å². The summed E-state index contributed by atoms with van der Waals surface area (Å²) in [6, 6.07) is 12.5. The normalized spacial score (nSPS) is 21.0. The molecule has 25 heavy (non-hydrogen) atoms. The van der Waals surface area contributed by atoms with Crippen LogP contribution in [-0.4, -0.2) is 40.0 Å². The molecule has 0 spiro atoms. The maximum Gasteiger partial charge on any atom is 0.237 e. The number of aryl methyl sites for hydroxylation is 1. The van der Waals surface area contributed by atoms with E-state index < -0.39 is 0 Å². The van der Waals surface area contributed by atoms with E-state index in [2.05, 4.69) is 58.2 Å². The number of para-hydroxylation sites is 1. The molecule has 134 valence electrons. The van der Waals surface area contributed by atoms with Crippen LogP contribution in [0.15, 0.2) is 42.6 Å². The maximum atomic E-state index is 12.5. The zero-order chi connectivity index (χ0) is 18.0. The van der Waals surface area contributed by atoms with Crippen LogP contribution < -0.4 is 11.1 Å². The molecule has 2 heterocycles. The van der Waals surface area contributed by atoms with Crippen molar-refractivity contribution in [2.75, 3.05) is 6.54 Å². The van der Waals surface area contributed by atoms with Crippen molar-refractivity contribution in [3.05, 3.63) is 53.9 Å². The Kier molecular flexibility index (Phi) is 5.25. The summed E-state index contributed by atoms with van der Waals surface area (Å²) in [5.41, 5.74) is 9.73. The van der Waals surface area contributed by atoms with Gasteiger partial charge in [-0.05, 0) is 51.0 Å². The average molecular weight is 340 g/mol. The molecule has 1 saturated heterocycles. The smallest absolute Gasteiger partial charge is 0.237 e. The number of benzene rings is 1. The highest BCUT2D eigenvalue weighted by Crippen LogP contribution is 2.23. The first kappa shape index (κ1) is 17.7. The first-order valence-corrected chi connectivity index (χ1v) is 8.98. The van der Waals surface area contributed by atoms with Crippen molar-refractivity contribution >= 4 is 5.91 Å². The molecular formula is C20H28N4O. The molecule has 5 heteroatoms. The van der Waals surface area contributed by atoms with Crippen molar-refractivity contribution in [3.63, 3.8) is 0 Å². The van der Waals surface area contributed by atoms with Crippen LogP contribution in [0.1, 0.15) is 31.5 Å². The van der Waals surface area contributed by atoms with Gasteiger partial charge in [0.25, 0.3) is 0 Å². The predicted octanol–water partition coefficient (Wildman–Crippen LogP) is 2.21. The molecule has 0 bridgehead atoms. The molecule has 1 aromatic heterocycles. The summed E-state index contributed by atoms with van der Waals surface area (Å²) in [6.45, 7) is 7.55. The molecule has 2 aromatic rings. The van der Waals surface area contributed by atoms with Gasteiger partial charge in [-0.25, -0.2) is 0 Å². The Morgan fingerprint density at radius 1 is 1.28 bits per heavy atom. The lowest BCUT2D eigenvalue weighted by Crippen LogP contribution is -2.45. The third kappa shape index (κ3) is 3.94. The lowest BCUT2D eigenvalue weighted by Gasteiger charge is -2.25. The molecule has 1 fully saturated rings. The molecule has 0 saturated carbocycles. The number of nitrogens with one attached hydrogen (secondary N) is 1. The van der Waals surface area contributed by atoms with Gasteiger partial charge in [-0.3, -0.25) is 9.69 Å². The van der Waals surface area contributed by atoms with Crippen LogP contribution in [0, 0.1) is 6.92 Å². The SMILES string of the molecule is Cc1ccccc1-n1cccc1CN1C[C@H](N)C[C@H]1C(=O)NC(C)C. The quantitative estimate of drug-likeness (QED) is 0.877. The number of hydrogen-bond donors (Lipinski definition) is 2. The number of hydrogen-bond acceptors (Lipinski definition) is 3. The summed E-state index contributed by atoms with van der Waals surface area (Å²) in [5, 5.41) is 3.03. The third-order valence-electron chi connectivity index (χ3n) is 4.74. The summed E-state index contributed by atoms with van der Waals surface area (Å²) >= 11 is 0. The number of aromatic nitrogens is 1. The Bertz CT molecular complexity index is 737. The number of likely N-dealkylation sites (tertiary alicyclic amines) is 1. The minimum atomic E-state index is -0.155. The van der Waals surface area contributed by atoms with Crippen LogP contribution in [0.25, 0.3) is 5.69 Å². The third-order valence-corrected chi connectivity index (χ3v) is 4.74. The van der Waals surface area contributed by atoms with E-state index in [-0.39, 0.29) is 24.0 Å². The van der Waals surface area contributed by atoms with E-state index in [9.17, 15) is 4.79 Å². The topological polar surface area (TPSA) is 63.3 Å². The number of nitrogens with two attached hydrogens (primary N) is 1. The largest absolute Gasteiger partial charge is 0.353 e. The van der Waals surface area contributed by atoms with Crippen molar-refractivity contribution < 1.29 is 4.79 Å². The number of carbonyl (C=O) groups is 1. The monoisotopic (exact) mass is 340 g/mol. The second kappa shape index (κ2) is 7.42. The van der Waals surface area contributed by atoms with Crippen molar-refractivity contribution in [2.24, 2.45) is 5.73 Å². The Hall–Kier alpha value is -2.11. The van der Waals surface area contributed by atoms with Gasteiger partial charge in [0, 0.05) is 42.8 Å². The molecule has 3 N–H and O–H groups in total. The fraction of sp³-hybridized carbons (Fsp3) is 0.450. The Morgan fingerprint density at radius 3 is 2.76 bits per heavy atom. The zero-order valence-electron chi connectivity index (χ0n) is 15.3. The first-order chi connectivity index (χ1) is 12.0. The fourth-order valence-electron chi connectivity index (χ4n) is 3.59. The maximum absolute atomic E-state index is 12.5. The van der Waals surface area contributed by atoms with Crippen LogP contribution in [-0.2, 0) is 11.3 Å². The van der Waals surface area contributed by atoms with Gasteiger partial charge in [0.05, 0.1) is 6.04 Å².